The molecule has 0 fully saturated rings. The molecule has 0 bridgehead atoms. The fourth-order valence-corrected chi connectivity index (χ4v) is 1.94. The van der Waals surface area contributed by atoms with Gasteiger partial charge in [0.2, 0.25) is 5.82 Å². The Kier molecular flexibility index (Phi) is 5.57. The molecule has 1 aromatic carbocycles. The lowest BCUT2D eigenvalue weighted by molar-refractivity contribution is 0.0407. The highest BCUT2D eigenvalue weighted by Crippen LogP contribution is 2.31. The van der Waals surface area contributed by atoms with Crippen LogP contribution in [0, 0.1) is 40.1 Å². The number of hydrogen-bond donors (Lipinski definition) is 0. The smallest absolute Gasteiger partial charge is 0.205 e. The molecule has 0 heterocycles. The molecule has 0 aliphatic heterocycles. The predicted octanol–water partition coefficient (Wildman–Crippen LogP) is 2.91. The number of halogens is 3. The summed E-state index contributed by atoms with van der Waals surface area (Å²) in [5.74, 6) is -5.55. The zero-order valence-electron chi connectivity index (χ0n) is 11.9. The van der Waals surface area contributed by atoms with Crippen LogP contribution in [0.4, 0.5) is 13.2 Å². The lowest BCUT2D eigenvalue weighted by Crippen LogP contribution is -2.37. The molecule has 1 rings (SSSR count). The summed E-state index contributed by atoms with van der Waals surface area (Å²) in [7, 11) is 0. The van der Waals surface area contributed by atoms with Crippen LogP contribution in [-0.2, 0) is 0 Å². The van der Waals surface area contributed by atoms with Crippen LogP contribution in [0.3, 0.4) is 0 Å². The van der Waals surface area contributed by atoms with Gasteiger partial charge >= 0.3 is 0 Å². The number of benzene rings is 1. The molecule has 0 amide bonds. The van der Waals surface area contributed by atoms with Crippen LogP contribution < -0.4 is 4.74 Å². The van der Waals surface area contributed by atoms with E-state index in [2.05, 4.69) is 0 Å². The molecule has 0 saturated heterocycles. The largest absolute Gasteiger partial charge is 0.469 e. The fourth-order valence-electron chi connectivity index (χ4n) is 1.94. The van der Waals surface area contributed by atoms with Gasteiger partial charge in [-0.2, -0.15) is 14.9 Å². The molecule has 1 atom stereocenters. The molecule has 0 aliphatic rings. The van der Waals surface area contributed by atoms with Crippen LogP contribution in [-0.4, -0.2) is 24.2 Å². The second-order valence-electron chi connectivity index (χ2n) is 4.18. The summed E-state index contributed by atoms with van der Waals surface area (Å²) >= 11 is 0. The highest BCUT2D eigenvalue weighted by molar-refractivity contribution is 5.52. The van der Waals surface area contributed by atoms with Gasteiger partial charge in [0.1, 0.15) is 29.5 Å². The average molecular weight is 297 g/mol. The van der Waals surface area contributed by atoms with Crippen molar-refractivity contribution < 1.29 is 17.9 Å². The summed E-state index contributed by atoms with van der Waals surface area (Å²) in [6, 6.07) is 2.63. The second-order valence-corrected chi connectivity index (χ2v) is 4.18. The Bertz CT molecular complexity index is 616. The lowest BCUT2D eigenvalue weighted by atomic mass is 10.1. The summed E-state index contributed by atoms with van der Waals surface area (Å²) in [6.07, 6.45) is -0.720. The molecule has 1 unspecified atom stereocenters. The quantitative estimate of drug-likeness (QED) is 0.619. The van der Waals surface area contributed by atoms with Crippen LogP contribution in [0.2, 0.25) is 0 Å². The van der Waals surface area contributed by atoms with Gasteiger partial charge < -0.3 is 4.74 Å². The van der Waals surface area contributed by atoms with Crippen LogP contribution >= 0.6 is 0 Å². The van der Waals surface area contributed by atoms with Gasteiger partial charge in [-0.3, -0.25) is 4.90 Å². The van der Waals surface area contributed by atoms with E-state index in [1.165, 1.54) is 12.1 Å². The topological polar surface area (TPSA) is 60.0 Å². The van der Waals surface area contributed by atoms with E-state index in [1.807, 2.05) is 13.8 Å². The van der Waals surface area contributed by atoms with Gasteiger partial charge in [-0.15, -0.1) is 0 Å². The Labute approximate surface area is 121 Å². The van der Waals surface area contributed by atoms with Gasteiger partial charge in [0.25, 0.3) is 0 Å². The Hall–Kier alpha value is -2.25. The molecule has 0 aromatic heterocycles. The standard InChI is InChI=1S/C14H14F3N3O/c1-4-20(5-2)8(3)21-14-12(16)10(7-19)9(6-18)11(15)13(14)17/h8H,4-5H2,1-3H3. The molecule has 112 valence electrons. The number of ether oxygens (including phenoxy) is 1. The summed E-state index contributed by atoms with van der Waals surface area (Å²) in [5.41, 5.74) is -1.83. The lowest BCUT2D eigenvalue weighted by Gasteiger charge is -2.27. The molecule has 7 heteroatoms. The molecule has 0 radical (unpaired) electrons. The van der Waals surface area contributed by atoms with Gasteiger partial charge in [-0.05, 0) is 20.0 Å². The van der Waals surface area contributed by atoms with Crippen molar-refractivity contribution in [2.24, 2.45) is 0 Å². The van der Waals surface area contributed by atoms with Crippen LogP contribution in [0.1, 0.15) is 31.9 Å². The minimum atomic E-state index is -1.61. The van der Waals surface area contributed by atoms with E-state index >= 15 is 0 Å². The highest BCUT2D eigenvalue weighted by Gasteiger charge is 2.28. The van der Waals surface area contributed by atoms with Crippen molar-refractivity contribution >= 4 is 0 Å². The highest BCUT2D eigenvalue weighted by atomic mass is 19.2. The summed E-state index contributed by atoms with van der Waals surface area (Å²) in [4.78, 5) is 1.74. The first kappa shape index (κ1) is 16.8. The maximum atomic E-state index is 14.1. The van der Waals surface area contributed by atoms with Gasteiger partial charge in [0.05, 0.1) is 0 Å². The molecule has 0 aliphatic carbocycles. The van der Waals surface area contributed by atoms with Crippen molar-refractivity contribution in [2.75, 3.05) is 13.1 Å². The third kappa shape index (κ3) is 3.09. The number of nitriles is 2. The first-order valence-electron chi connectivity index (χ1n) is 6.34. The molecule has 4 nitrogen and oxygen atoms in total. The first-order chi connectivity index (χ1) is 9.92. The van der Waals surface area contributed by atoms with E-state index in [1.54, 1.807) is 11.8 Å². The molecule has 0 N–H and O–H groups in total. The Morgan fingerprint density at radius 1 is 1.00 bits per heavy atom. The zero-order chi connectivity index (χ0) is 16.2. The van der Waals surface area contributed by atoms with E-state index in [0.29, 0.717) is 13.1 Å². The van der Waals surface area contributed by atoms with E-state index in [9.17, 15) is 13.2 Å². The van der Waals surface area contributed by atoms with E-state index in [0.717, 1.165) is 0 Å². The monoisotopic (exact) mass is 297 g/mol. The molecule has 21 heavy (non-hydrogen) atoms. The Morgan fingerprint density at radius 2 is 1.48 bits per heavy atom. The van der Waals surface area contributed by atoms with Crippen molar-refractivity contribution in [1.82, 2.24) is 4.90 Å². The molecular formula is C14H14F3N3O. The summed E-state index contributed by atoms with van der Waals surface area (Å²) in [6.45, 7) is 6.33. The molecule has 0 spiro atoms. The van der Waals surface area contributed by atoms with E-state index < -0.39 is 40.6 Å². The molecule has 1 aromatic rings. The number of rotatable bonds is 5. The predicted molar refractivity (Wildman–Crippen MR) is 68.8 cm³/mol. The molecular weight excluding hydrogens is 283 g/mol. The minimum Gasteiger partial charge on any atom is -0.469 e. The zero-order valence-corrected chi connectivity index (χ0v) is 11.9. The van der Waals surface area contributed by atoms with Crippen molar-refractivity contribution in [2.45, 2.75) is 27.0 Å². The van der Waals surface area contributed by atoms with Crippen molar-refractivity contribution in [1.29, 1.82) is 10.5 Å². The maximum absolute atomic E-state index is 14.1. The summed E-state index contributed by atoms with van der Waals surface area (Å²) in [5, 5.41) is 17.5. The van der Waals surface area contributed by atoms with Gasteiger partial charge in [0.15, 0.2) is 17.4 Å². The van der Waals surface area contributed by atoms with Crippen LogP contribution in [0.15, 0.2) is 0 Å². The third-order valence-electron chi connectivity index (χ3n) is 3.12. The SMILES string of the molecule is CCN(CC)C(C)Oc1c(F)c(F)c(C#N)c(C#N)c1F. The van der Waals surface area contributed by atoms with Gasteiger partial charge in [-0.1, -0.05) is 13.8 Å². The Balaban J connectivity index is 3.36. The van der Waals surface area contributed by atoms with Gasteiger partial charge in [-0.25, -0.2) is 8.78 Å². The number of nitrogens with zero attached hydrogens (tertiary/aromatic N) is 3. The van der Waals surface area contributed by atoms with Gasteiger partial charge in [0, 0.05) is 0 Å². The van der Waals surface area contributed by atoms with E-state index in [-0.39, 0.29) is 0 Å². The second kappa shape index (κ2) is 6.96. The van der Waals surface area contributed by atoms with E-state index in [4.69, 9.17) is 15.3 Å². The average Bonchev–Trinajstić information content (AvgIpc) is 2.48. The first-order valence-corrected chi connectivity index (χ1v) is 6.34. The maximum Gasteiger partial charge on any atom is 0.205 e. The van der Waals surface area contributed by atoms with Crippen LogP contribution in [0.5, 0.6) is 5.75 Å². The van der Waals surface area contributed by atoms with Crippen molar-refractivity contribution in [3.8, 4) is 17.9 Å². The minimum absolute atomic E-state index is 0.560. The van der Waals surface area contributed by atoms with Crippen molar-refractivity contribution in [3.63, 3.8) is 0 Å². The molecule has 0 saturated carbocycles. The fraction of sp³-hybridized carbons (Fsp3) is 0.429. The number of hydrogen-bond acceptors (Lipinski definition) is 4. The van der Waals surface area contributed by atoms with Crippen LogP contribution in [0.25, 0.3) is 0 Å². The third-order valence-corrected chi connectivity index (χ3v) is 3.12. The Morgan fingerprint density at radius 3 is 1.90 bits per heavy atom. The van der Waals surface area contributed by atoms with Crippen molar-refractivity contribution in [3.05, 3.63) is 28.6 Å². The normalized spacial score (nSPS) is 11.9. The summed E-state index contributed by atoms with van der Waals surface area (Å²) < 4.78 is 46.7.